The molecule has 3 aromatic rings. The van der Waals surface area contributed by atoms with Crippen LogP contribution in [0.1, 0.15) is 15.9 Å². The van der Waals surface area contributed by atoms with Crippen LogP contribution in [-0.2, 0) is 6.42 Å². The minimum Gasteiger partial charge on any atom is -0.493 e. The van der Waals surface area contributed by atoms with Crippen molar-refractivity contribution in [3.63, 3.8) is 0 Å². The van der Waals surface area contributed by atoms with E-state index in [-0.39, 0.29) is 19.1 Å². The minimum absolute atomic E-state index is 0.00947. The molecule has 1 atom stereocenters. The minimum atomic E-state index is -0.905. The summed E-state index contributed by atoms with van der Waals surface area (Å²) in [6.45, 7) is 3.71. The lowest BCUT2D eigenvalue weighted by molar-refractivity contribution is 0.0611. The first-order chi connectivity index (χ1) is 15.6. The first kappa shape index (κ1) is 22.9. The molecule has 0 aliphatic heterocycles. The molecule has 0 saturated heterocycles. The third-order valence-corrected chi connectivity index (χ3v) is 4.63. The molecule has 0 heterocycles. The van der Waals surface area contributed by atoms with E-state index in [2.05, 4.69) is 11.9 Å². The van der Waals surface area contributed by atoms with Crippen molar-refractivity contribution < 1.29 is 24.1 Å². The van der Waals surface area contributed by atoms with Crippen molar-refractivity contribution in [1.29, 1.82) is 0 Å². The molecule has 3 aromatic carbocycles. The van der Waals surface area contributed by atoms with Crippen LogP contribution in [-0.4, -0.2) is 37.4 Å². The number of nitrogens with one attached hydrogen (secondary N) is 1. The Bertz CT molecular complexity index is 1040. The van der Waals surface area contributed by atoms with Crippen molar-refractivity contribution >= 4 is 11.6 Å². The number of carbonyl (C=O) groups excluding carboxylic acids is 1. The quantitative estimate of drug-likeness (QED) is 0.436. The summed E-state index contributed by atoms with van der Waals surface area (Å²) >= 11 is 0. The van der Waals surface area contributed by atoms with Crippen LogP contribution in [0.5, 0.6) is 17.2 Å². The van der Waals surface area contributed by atoms with Crippen molar-refractivity contribution in [3.8, 4) is 17.2 Å². The molecule has 2 N–H and O–H groups in total. The van der Waals surface area contributed by atoms with Gasteiger partial charge in [0, 0.05) is 5.69 Å². The number of benzene rings is 3. The highest BCUT2D eigenvalue weighted by atomic mass is 16.5. The number of allylic oxidation sites excluding steroid dienone is 1. The van der Waals surface area contributed by atoms with Crippen LogP contribution in [0.3, 0.4) is 0 Å². The zero-order valence-corrected chi connectivity index (χ0v) is 18.0. The van der Waals surface area contributed by atoms with Crippen molar-refractivity contribution in [1.82, 2.24) is 0 Å². The zero-order chi connectivity index (χ0) is 22.8. The van der Waals surface area contributed by atoms with E-state index in [1.165, 1.54) is 0 Å². The molecule has 32 heavy (non-hydrogen) atoms. The van der Waals surface area contributed by atoms with Crippen LogP contribution >= 0.6 is 0 Å². The number of para-hydroxylation sites is 2. The molecule has 0 saturated carbocycles. The summed E-state index contributed by atoms with van der Waals surface area (Å²) in [5, 5.41) is 13.2. The molecule has 0 fully saturated rings. The van der Waals surface area contributed by atoms with Crippen LogP contribution in [0.15, 0.2) is 85.5 Å². The SMILES string of the molecule is C=CCc1ccc(OC[C@@H](O)COc2ccccc2C(=O)Nc2ccccc2)c(OC)c1. The highest BCUT2D eigenvalue weighted by molar-refractivity contribution is 6.06. The van der Waals surface area contributed by atoms with Crippen LogP contribution in [0, 0.1) is 0 Å². The Morgan fingerprint density at radius 1 is 0.969 bits per heavy atom. The monoisotopic (exact) mass is 433 g/mol. The normalized spacial score (nSPS) is 11.3. The lowest BCUT2D eigenvalue weighted by Crippen LogP contribution is -2.26. The Labute approximate surface area is 188 Å². The molecule has 0 unspecified atom stereocenters. The van der Waals surface area contributed by atoms with Gasteiger partial charge >= 0.3 is 0 Å². The van der Waals surface area contributed by atoms with Gasteiger partial charge in [-0.1, -0.05) is 42.5 Å². The van der Waals surface area contributed by atoms with Gasteiger partial charge in [-0.05, 0) is 48.4 Å². The van der Waals surface area contributed by atoms with E-state index in [9.17, 15) is 9.90 Å². The molecule has 6 heteroatoms. The van der Waals surface area contributed by atoms with E-state index in [0.717, 1.165) is 12.0 Å². The van der Waals surface area contributed by atoms with E-state index in [4.69, 9.17) is 14.2 Å². The maximum atomic E-state index is 12.6. The maximum Gasteiger partial charge on any atom is 0.259 e. The highest BCUT2D eigenvalue weighted by Crippen LogP contribution is 2.28. The number of hydrogen-bond acceptors (Lipinski definition) is 5. The average Bonchev–Trinajstić information content (AvgIpc) is 2.82. The fourth-order valence-corrected chi connectivity index (χ4v) is 3.04. The molecule has 0 aliphatic rings. The number of carbonyl (C=O) groups is 1. The van der Waals surface area contributed by atoms with Crippen molar-refractivity contribution in [2.24, 2.45) is 0 Å². The summed E-state index contributed by atoms with van der Waals surface area (Å²) in [5.74, 6) is 1.20. The van der Waals surface area contributed by atoms with Crippen LogP contribution < -0.4 is 19.5 Å². The standard InChI is InChI=1S/C26H27NO5/c1-3-9-19-14-15-24(25(16-19)30-2)32-18-21(28)17-31-23-13-8-7-12-22(23)26(29)27-20-10-5-4-6-11-20/h3-8,10-16,21,28H,1,9,17-18H2,2H3,(H,27,29)/t21-/m0/s1. The van der Waals surface area contributed by atoms with Gasteiger partial charge in [0.25, 0.3) is 5.91 Å². The van der Waals surface area contributed by atoms with Crippen LogP contribution in [0.4, 0.5) is 5.69 Å². The Hall–Kier alpha value is -3.77. The van der Waals surface area contributed by atoms with Crippen molar-refractivity contribution in [3.05, 3.63) is 96.6 Å². The smallest absolute Gasteiger partial charge is 0.259 e. The number of amides is 1. The van der Waals surface area contributed by atoms with Crippen LogP contribution in [0.25, 0.3) is 0 Å². The van der Waals surface area contributed by atoms with Gasteiger partial charge in [-0.25, -0.2) is 0 Å². The molecule has 6 nitrogen and oxygen atoms in total. The van der Waals surface area contributed by atoms with Gasteiger partial charge in [-0.2, -0.15) is 0 Å². The second-order valence-corrected chi connectivity index (χ2v) is 7.07. The number of hydrogen-bond donors (Lipinski definition) is 2. The summed E-state index contributed by atoms with van der Waals surface area (Å²) in [5.41, 5.74) is 2.12. The molecule has 3 rings (SSSR count). The van der Waals surface area contributed by atoms with Gasteiger partial charge in [0.05, 0.1) is 12.7 Å². The van der Waals surface area contributed by atoms with E-state index < -0.39 is 6.10 Å². The second kappa shape index (κ2) is 11.6. The van der Waals surface area contributed by atoms with Gasteiger partial charge in [0.2, 0.25) is 0 Å². The van der Waals surface area contributed by atoms with Crippen molar-refractivity contribution in [2.45, 2.75) is 12.5 Å². The fraction of sp³-hybridized carbons (Fsp3) is 0.192. The van der Waals surface area contributed by atoms with Gasteiger partial charge in [-0.15, -0.1) is 6.58 Å². The van der Waals surface area contributed by atoms with E-state index in [0.29, 0.717) is 28.5 Å². The number of aliphatic hydroxyl groups is 1. The Morgan fingerprint density at radius 3 is 2.38 bits per heavy atom. The van der Waals surface area contributed by atoms with Crippen molar-refractivity contribution in [2.75, 3.05) is 25.6 Å². The summed E-state index contributed by atoms with van der Waals surface area (Å²) in [4.78, 5) is 12.6. The molecule has 166 valence electrons. The third-order valence-electron chi connectivity index (χ3n) is 4.63. The topological polar surface area (TPSA) is 77.0 Å². The third kappa shape index (κ3) is 6.36. The number of aliphatic hydroxyl groups excluding tert-OH is 1. The molecular weight excluding hydrogens is 406 g/mol. The summed E-state index contributed by atoms with van der Waals surface area (Å²) in [7, 11) is 1.57. The molecule has 0 radical (unpaired) electrons. The molecule has 0 aromatic heterocycles. The van der Waals surface area contributed by atoms with Gasteiger partial charge in [0.1, 0.15) is 25.1 Å². The molecule has 0 spiro atoms. The first-order valence-electron chi connectivity index (χ1n) is 10.3. The zero-order valence-electron chi connectivity index (χ0n) is 18.0. The highest BCUT2D eigenvalue weighted by Gasteiger charge is 2.15. The molecule has 0 aliphatic carbocycles. The Morgan fingerprint density at radius 2 is 1.66 bits per heavy atom. The first-order valence-corrected chi connectivity index (χ1v) is 10.3. The summed E-state index contributed by atoms with van der Waals surface area (Å²) in [6.07, 6.45) is 1.64. The maximum absolute atomic E-state index is 12.6. The Kier molecular flexibility index (Phi) is 8.29. The van der Waals surface area contributed by atoms with Gasteiger partial charge in [0.15, 0.2) is 11.5 Å². The second-order valence-electron chi connectivity index (χ2n) is 7.07. The molecular formula is C26H27NO5. The fourth-order valence-electron chi connectivity index (χ4n) is 3.04. The predicted octanol–water partition coefficient (Wildman–Crippen LogP) is 4.49. The number of ether oxygens (including phenoxy) is 3. The molecule has 1 amide bonds. The van der Waals surface area contributed by atoms with E-state index in [1.54, 1.807) is 49.6 Å². The number of rotatable bonds is 11. The number of anilines is 1. The lowest BCUT2D eigenvalue weighted by atomic mass is 10.1. The summed E-state index contributed by atoms with van der Waals surface area (Å²) < 4.78 is 16.8. The van der Waals surface area contributed by atoms with E-state index in [1.807, 2.05) is 36.4 Å². The number of methoxy groups -OCH3 is 1. The molecule has 0 bridgehead atoms. The van der Waals surface area contributed by atoms with E-state index >= 15 is 0 Å². The average molecular weight is 434 g/mol. The van der Waals surface area contributed by atoms with Crippen LogP contribution in [0.2, 0.25) is 0 Å². The summed E-state index contributed by atoms with van der Waals surface area (Å²) in [6, 6.07) is 21.7. The lowest BCUT2D eigenvalue weighted by Gasteiger charge is -2.17. The largest absolute Gasteiger partial charge is 0.493 e. The van der Waals surface area contributed by atoms with Gasteiger partial charge in [-0.3, -0.25) is 4.79 Å². The predicted molar refractivity (Wildman–Crippen MR) is 125 cm³/mol. The van der Waals surface area contributed by atoms with Gasteiger partial charge < -0.3 is 24.6 Å². The Balaban J connectivity index is 1.57.